The van der Waals surface area contributed by atoms with Gasteiger partial charge in [-0.1, -0.05) is 93.7 Å². The van der Waals surface area contributed by atoms with Crippen LogP contribution in [0.3, 0.4) is 0 Å². The maximum absolute atomic E-state index is 11.3. The van der Waals surface area contributed by atoms with Crippen LogP contribution in [0.4, 0.5) is 4.79 Å². The first kappa shape index (κ1) is 20.0. The molecule has 1 aliphatic heterocycles. The molecule has 130 valence electrons. The molecular weight excluding hydrogens is 391 g/mol. The molecule has 4 heteroatoms. The SMILES string of the molecule is CCCCCCCCCCCCC[C@@H]1C[C@H](CI)OC(=O)O1. The van der Waals surface area contributed by atoms with Crippen LogP contribution in [0.5, 0.6) is 0 Å². The first-order chi connectivity index (χ1) is 10.8. The number of rotatable bonds is 13. The number of alkyl halides is 1. The number of halogens is 1. The third-order valence-electron chi connectivity index (χ3n) is 4.35. The van der Waals surface area contributed by atoms with Crippen LogP contribution < -0.4 is 0 Å². The average molecular weight is 424 g/mol. The van der Waals surface area contributed by atoms with Crippen LogP contribution in [0.1, 0.15) is 90.4 Å². The van der Waals surface area contributed by atoms with Gasteiger partial charge in [0.25, 0.3) is 0 Å². The van der Waals surface area contributed by atoms with Crippen molar-refractivity contribution in [3.8, 4) is 0 Å². The Morgan fingerprint density at radius 1 is 0.864 bits per heavy atom. The van der Waals surface area contributed by atoms with Crippen molar-refractivity contribution < 1.29 is 14.3 Å². The molecule has 0 unspecified atom stereocenters. The molecule has 0 aliphatic carbocycles. The summed E-state index contributed by atoms with van der Waals surface area (Å²) in [6, 6.07) is 0. The quantitative estimate of drug-likeness (QED) is 0.148. The zero-order chi connectivity index (χ0) is 16.0. The smallest absolute Gasteiger partial charge is 0.431 e. The number of cyclic esters (lactones) is 2. The largest absolute Gasteiger partial charge is 0.508 e. The Morgan fingerprint density at radius 2 is 1.36 bits per heavy atom. The summed E-state index contributed by atoms with van der Waals surface area (Å²) in [5.74, 6) is 0. The molecule has 1 rings (SSSR count). The van der Waals surface area contributed by atoms with Gasteiger partial charge in [-0.15, -0.1) is 0 Å². The lowest BCUT2D eigenvalue weighted by molar-refractivity contribution is -0.0541. The minimum absolute atomic E-state index is 0.0551. The fourth-order valence-corrected chi connectivity index (χ4v) is 3.54. The second kappa shape index (κ2) is 13.4. The standard InChI is InChI=1S/C18H33IO3/c1-2-3-4-5-6-7-8-9-10-11-12-13-16-14-17(15-19)22-18(20)21-16/h16-17H,2-15H2,1H3/t16-,17-/m1/s1. The molecule has 0 N–H and O–H groups in total. The Bertz CT molecular complexity index is 284. The number of carbonyl (C=O) groups excluding carboxylic acids is 1. The molecule has 0 aromatic rings. The van der Waals surface area contributed by atoms with E-state index in [0.29, 0.717) is 0 Å². The second-order valence-electron chi connectivity index (χ2n) is 6.44. The number of hydrogen-bond donors (Lipinski definition) is 0. The third kappa shape index (κ3) is 9.90. The highest BCUT2D eigenvalue weighted by Crippen LogP contribution is 2.22. The van der Waals surface area contributed by atoms with Crippen LogP contribution in [0.15, 0.2) is 0 Å². The Kier molecular flexibility index (Phi) is 12.2. The summed E-state index contributed by atoms with van der Waals surface area (Å²) in [5.41, 5.74) is 0. The van der Waals surface area contributed by atoms with Crippen LogP contribution >= 0.6 is 22.6 Å². The van der Waals surface area contributed by atoms with Gasteiger partial charge in [-0.3, -0.25) is 0 Å². The maximum atomic E-state index is 11.3. The van der Waals surface area contributed by atoms with E-state index in [0.717, 1.165) is 17.3 Å². The van der Waals surface area contributed by atoms with E-state index in [-0.39, 0.29) is 12.2 Å². The van der Waals surface area contributed by atoms with Crippen molar-refractivity contribution in [3.05, 3.63) is 0 Å². The molecule has 0 aromatic heterocycles. The van der Waals surface area contributed by atoms with Gasteiger partial charge >= 0.3 is 6.16 Å². The molecule has 0 bridgehead atoms. The van der Waals surface area contributed by atoms with Gasteiger partial charge in [0, 0.05) is 10.8 Å². The molecule has 2 atom stereocenters. The van der Waals surface area contributed by atoms with Crippen molar-refractivity contribution >= 4 is 28.7 Å². The van der Waals surface area contributed by atoms with Gasteiger partial charge in [-0.05, 0) is 12.8 Å². The highest BCUT2D eigenvalue weighted by Gasteiger charge is 2.28. The topological polar surface area (TPSA) is 35.5 Å². The molecule has 1 fully saturated rings. The highest BCUT2D eigenvalue weighted by molar-refractivity contribution is 14.1. The Hall–Kier alpha value is 0. The van der Waals surface area contributed by atoms with Crippen LogP contribution in [-0.4, -0.2) is 22.8 Å². The van der Waals surface area contributed by atoms with E-state index in [1.54, 1.807) is 0 Å². The first-order valence-corrected chi connectivity index (χ1v) is 10.7. The van der Waals surface area contributed by atoms with Crippen LogP contribution in [-0.2, 0) is 9.47 Å². The lowest BCUT2D eigenvalue weighted by Gasteiger charge is -2.27. The monoisotopic (exact) mass is 424 g/mol. The minimum Gasteiger partial charge on any atom is -0.431 e. The minimum atomic E-state index is -0.471. The van der Waals surface area contributed by atoms with Crippen LogP contribution in [0, 0.1) is 0 Å². The molecule has 0 amide bonds. The molecule has 1 aliphatic rings. The van der Waals surface area contributed by atoms with Gasteiger partial charge in [0.05, 0.1) is 0 Å². The number of ether oxygens (including phenoxy) is 2. The molecule has 0 spiro atoms. The summed E-state index contributed by atoms with van der Waals surface area (Å²) in [6.07, 6.45) is 16.4. The summed E-state index contributed by atoms with van der Waals surface area (Å²) in [5, 5.41) is 0. The summed E-state index contributed by atoms with van der Waals surface area (Å²) in [6.45, 7) is 2.27. The van der Waals surface area contributed by atoms with Gasteiger partial charge in [-0.25, -0.2) is 4.79 Å². The number of carbonyl (C=O) groups is 1. The summed E-state index contributed by atoms with van der Waals surface area (Å²) < 4.78 is 11.2. The van der Waals surface area contributed by atoms with Crippen molar-refractivity contribution in [1.82, 2.24) is 0 Å². The average Bonchev–Trinajstić information content (AvgIpc) is 2.52. The van der Waals surface area contributed by atoms with Gasteiger partial charge in [-0.2, -0.15) is 0 Å². The molecule has 1 heterocycles. The fourth-order valence-electron chi connectivity index (χ4n) is 3.00. The molecule has 22 heavy (non-hydrogen) atoms. The van der Waals surface area contributed by atoms with Gasteiger partial charge in [0.1, 0.15) is 12.2 Å². The predicted molar refractivity (Wildman–Crippen MR) is 99.7 cm³/mol. The zero-order valence-corrected chi connectivity index (χ0v) is 16.3. The van der Waals surface area contributed by atoms with Crippen LogP contribution in [0.25, 0.3) is 0 Å². The summed E-state index contributed by atoms with van der Waals surface area (Å²) >= 11 is 2.27. The van der Waals surface area contributed by atoms with Crippen molar-refractivity contribution in [2.24, 2.45) is 0 Å². The van der Waals surface area contributed by atoms with E-state index in [1.165, 1.54) is 70.6 Å². The third-order valence-corrected chi connectivity index (χ3v) is 5.34. The van der Waals surface area contributed by atoms with E-state index < -0.39 is 6.16 Å². The van der Waals surface area contributed by atoms with E-state index >= 15 is 0 Å². The van der Waals surface area contributed by atoms with Crippen LogP contribution in [0.2, 0.25) is 0 Å². The van der Waals surface area contributed by atoms with Gasteiger partial charge < -0.3 is 9.47 Å². The fraction of sp³-hybridized carbons (Fsp3) is 0.944. The van der Waals surface area contributed by atoms with E-state index in [2.05, 4.69) is 29.5 Å². The Morgan fingerprint density at radius 3 is 1.91 bits per heavy atom. The predicted octanol–water partition coefficient (Wildman–Crippen LogP) is 6.42. The lowest BCUT2D eigenvalue weighted by Crippen LogP contribution is -2.35. The Labute approximate surface area is 150 Å². The van der Waals surface area contributed by atoms with Gasteiger partial charge in [0.2, 0.25) is 0 Å². The number of hydrogen-bond acceptors (Lipinski definition) is 3. The first-order valence-electron chi connectivity index (χ1n) is 9.19. The number of unbranched alkanes of at least 4 members (excludes halogenated alkanes) is 10. The lowest BCUT2D eigenvalue weighted by atomic mass is 10.0. The molecule has 3 nitrogen and oxygen atoms in total. The van der Waals surface area contributed by atoms with E-state index in [4.69, 9.17) is 9.47 Å². The van der Waals surface area contributed by atoms with Gasteiger partial charge in [0.15, 0.2) is 0 Å². The molecular formula is C18H33IO3. The molecule has 0 radical (unpaired) electrons. The maximum Gasteiger partial charge on any atom is 0.508 e. The van der Waals surface area contributed by atoms with Crippen molar-refractivity contribution in [2.45, 2.75) is 103 Å². The summed E-state index contributed by atoms with van der Waals surface area (Å²) in [4.78, 5) is 11.3. The molecule has 1 saturated heterocycles. The molecule has 0 saturated carbocycles. The second-order valence-corrected chi connectivity index (χ2v) is 7.32. The summed E-state index contributed by atoms with van der Waals surface area (Å²) in [7, 11) is 0. The van der Waals surface area contributed by atoms with Crippen molar-refractivity contribution in [2.75, 3.05) is 4.43 Å². The zero-order valence-electron chi connectivity index (χ0n) is 14.2. The normalized spacial score (nSPS) is 21.5. The van der Waals surface area contributed by atoms with E-state index in [9.17, 15) is 4.79 Å². The van der Waals surface area contributed by atoms with Crippen molar-refractivity contribution in [3.63, 3.8) is 0 Å². The van der Waals surface area contributed by atoms with E-state index in [1.807, 2.05) is 0 Å². The highest BCUT2D eigenvalue weighted by atomic mass is 127. The Balaban J connectivity index is 1.88. The molecule has 0 aromatic carbocycles. The van der Waals surface area contributed by atoms with Crippen molar-refractivity contribution in [1.29, 1.82) is 0 Å².